The van der Waals surface area contributed by atoms with E-state index in [0.29, 0.717) is 0 Å². The monoisotopic (exact) mass is 514 g/mol. The van der Waals surface area contributed by atoms with Gasteiger partial charge in [0, 0.05) is 18.5 Å². The Kier molecular flexibility index (Phi) is 6.06. The summed E-state index contributed by atoms with van der Waals surface area (Å²) in [5.41, 5.74) is -3.08. The number of halogens is 5. The maximum Gasteiger partial charge on any atom is 0.397 e. The number of ether oxygens (including phenoxy) is 4. The van der Waals surface area contributed by atoms with Gasteiger partial charge < -0.3 is 23.8 Å². The van der Waals surface area contributed by atoms with Gasteiger partial charge in [0.15, 0.2) is 17.4 Å². The number of alkyl halides is 3. The molecule has 2 aliphatic heterocycles. The van der Waals surface area contributed by atoms with Gasteiger partial charge in [-0.1, -0.05) is 12.1 Å². The van der Waals surface area contributed by atoms with Crippen LogP contribution in [0.3, 0.4) is 0 Å². The molecule has 2 aromatic rings. The zero-order valence-corrected chi connectivity index (χ0v) is 19.2. The Morgan fingerprint density at radius 2 is 1.97 bits per heavy atom. The highest BCUT2D eigenvalue weighted by molar-refractivity contribution is 5.92. The summed E-state index contributed by atoms with van der Waals surface area (Å²) in [5.74, 6) is -2.63. The van der Waals surface area contributed by atoms with Gasteiger partial charge in [0.1, 0.15) is 36.2 Å². The Morgan fingerprint density at radius 1 is 1.19 bits per heavy atom. The van der Waals surface area contributed by atoms with Crippen LogP contribution >= 0.6 is 0 Å². The fraction of sp³-hybridized carbons (Fsp3) is 0.500. The summed E-state index contributed by atoms with van der Waals surface area (Å²) in [4.78, 5) is 18.8. The molecule has 1 saturated carbocycles. The van der Waals surface area contributed by atoms with Crippen molar-refractivity contribution in [2.24, 2.45) is 5.41 Å². The zero-order valence-electron chi connectivity index (χ0n) is 19.2. The van der Waals surface area contributed by atoms with Gasteiger partial charge in [-0.15, -0.1) is 0 Å². The third-order valence-corrected chi connectivity index (χ3v) is 7.14. The lowest BCUT2D eigenvalue weighted by molar-refractivity contribution is -0.194. The predicted octanol–water partition coefficient (Wildman–Crippen LogP) is 4.20. The number of likely N-dealkylation sites (tertiary alicyclic amines) is 1. The molecule has 0 unspecified atom stereocenters. The van der Waals surface area contributed by atoms with E-state index in [0.717, 1.165) is 6.07 Å². The summed E-state index contributed by atoms with van der Waals surface area (Å²) in [7, 11) is 1.27. The normalized spacial score (nSPS) is 24.8. The summed E-state index contributed by atoms with van der Waals surface area (Å²) in [6.07, 6.45) is -4.97. The van der Waals surface area contributed by atoms with Gasteiger partial charge in [0.25, 0.3) is 11.8 Å². The number of amides is 1. The number of fused-ring (bicyclic) bond motifs is 1. The number of rotatable bonds is 6. The smallest absolute Gasteiger partial charge is 0.397 e. The number of pyridine rings is 1. The standard InChI is InChI=1S/C24H23F5N2O5/c1-33-20-17(34-12-22(7-8-22)24(27,28)29)6-5-16(30-20)21(32)31-10-9-23(18(11-31)35-13-36-23)14-3-2-4-15(25)19(14)26/h2-6,18H,7-13H2,1H3/t18-,23-/m1/s1. The summed E-state index contributed by atoms with van der Waals surface area (Å²) in [6.45, 7) is -0.526. The van der Waals surface area contributed by atoms with E-state index in [2.05, 4.69) is 4.98 Å². The van der Waals surface area contributed by atoms with Crippen LogP contribution in [0.25, 0.3) is 0 Å². The number of nitrogens with zero attached hydrogens (tertiary/aromatic N) is 2. The Balaban J connectivity index is 1.31. The Morgan fingerprint density at radius 3 is 2.67 bits per heavy atom. The fourth-order valence-corrected chi connectivity index (χ4v) is 4.72. The third kappa shape index (κ3) is 4.05. The van der Waals surface area contributed by atoms with E-state index in [1.54, 1.807) is 0 Å². The van der Waals surface area contributed by atoms with Crippen LogP contribution in [0.1, 0.15) is 35.3 Å². The van der Waals surface area contributed by atoms with Crippen LogP contribution in [0.15, 0.2) is 30.3 Å². The minimum absolute atomic E-state index is 0.00339. The number of hydrogen-bond donors (Lipinski definition) is 0. The molecule has 3 fully saturated rings. The molecule has 5 rings (SSSR count). The molecule has 0 N–H and O–H groups in total. The van der Waals surface area contributed by atoms with Crippen molar-refractivity contribution in [2.75, 3.05) is 33.6 Å². The molecule has 3 aliphatic rings. The SMILES string of the molecule is COc1nc(C(=O)N2CC[C@]3(c4cccc(F)c4F)OCO[C@@H]3C2)ccc1OCC1(C(F)(F)F)CC1. The molecule has 0 radical (unpaired) electrons. The summed E-state index contributed by atoms with van der Waals surface area (Å²) >= 11 is 0. The molecule has 36 heavy (non-hydrogen) atoms. The Hall–Kier alpha value is -2.99. The molecule has 1 amide bonds. The predicted molar refractivity (Wildman–Crippen MR) is 113 cm³/mol. The highest BCUT2D eigenvalue weighted by Crippen LogP contribution is 2.57. The number of methoxy groups -OCH3 is 1. The average Bonchev–Trinajstić information content (AvgIpc) is 3.55. The molecule has 2 atom stereocenters. The molecule has 2 saturated heterocycles. The van der Waals surface area contributed by atoms with Crippen molar-refractivity contribution in [3.05, 3.63) is 53.2 Å². The number of carbonyl (C=O) groups excluding carboxylic acids is 1. The van der Waals surface area contributed by atoms with Crippen LogP contribution in [0.2, 0.25) is 0 Å². The van der Waals surface area contributed by atoms with Crippen molar-refractivity contribution >= 4 is 5.91 Å². The van der Waals surface area contributed by atoms with Gasteiger partial charge >= 0.3 is 6.18 Å². The molecule has 12 heteroatoms. The second kappa shape index (κ2) is 8.84. The van der Waals surface area contributed by atoms with Crippen molar-refractivity contribution in [3.8, 4) is 11.6 Å². The van der Waals surface area contributed by atoms with E-state index in [9.17, 15) is 26.7 Å². The first-order valence-electron chi connectivity index (χ1n) is 11.3. The minimum Gasteiger partial charge on any atom is -0.487 e. The molecule has 1 aliphatic carbocycles. The van der Waals surface area contributed by atoms with Gasteiger partial charge in [0.05, 0.1) is 13.7 Å². The second-order valence-corrected chi connectivity index (χ2v) is 9.18. The lowest BCUT2D eigenvalue weighted by Gasteiger charge is -2.41. The van der Waals surface area contributed by atoms with E-state index in [1.807, 2.05) is 0 Å². The zero-order chi connectivity index (χ0) is 25.7. The second-order valence-electron chi connectivity index (χ2n) is 9.18. The highest BCUT2D eigenvalue weighted by Gasteiger charge is 2.64. The molecular formula is C24H23F5N2O5. The first-order chi connectivity index (χ1) is 17.1. The fourth-order valence-electron chi connectivity index (χ4n) is 4.72. The molecule has 1 aromatic carbocycles. The van der Waals surface area contributed by atoms with Crippen molar-refractivity contribution < 1.29 is 45.7 Å². The van der Waals surface area contributed by atoms with Gasteiger partial charge in [-0.2, -0.15) is 13.2 Å². The van der Waals surface area contributed by atoms with E-state index in [1.165, 1.54) is 36.3 Å². The van der Waals surface area contributed by atoms with Crippen molar-refractivity contribution in [3.63, 3.8) is 0 Å². The third-order valence-electron chi connectivity index (χ3n) is 7.14. The van der Waals surface area contributed by atoms with E-state index in [-0.39, 0.29) is 62.0 Å². The van der Waals surface area contributed by atoms with Crippen LogP contribution in [0, 0.1) is 17.0 Å². The Bertz CT molecular complexity index is 1170. The maximum atomic E-state index is 14.6. The topological polar surface area (TPSA) is 70.1 Å². The Labute approximate surface area is 203 Å². The molecule has 7 nitrogen and oxygen atoms in total. The minimum atomic E-state index is -4.37. The maximum absolute atomic E-state index is 14.6. The summed E-state index contributed by atoms with van der Waals surface area (Å²) < 4.78 is 89.9. The first-order valence-corrected chi connectivity index (χ1v) is 11.3. The van der Waals surface area contributed by atoms with Crippen LogP contribution in [0.4, 0.5) is 22.0 Å². The average molecular weight is 514 g/mol. The van der Waals surface area contributed by atoms with Gasteiger partial charge in [-0.25, -0.2) is 13.8 Å². The number of aromatic nitrogens is 1. The lowest BCUT2D eigenvalue weighted by atomic mass is 9.81. The molecule has 194 valence electrons. The number of piperidine rings is 1. The van der Waals surface area contributed by atoms with Crippen LogP contribution in [-0.4, -0.2) is 61.7 Å². The molecular weight excluding hydrogens is 491 g/mol. The number of carbonyl (C=O) groups is 1. The largest absolute Gasteiger partial charge is 0.487 e. The van der Waals surface area contributed by atoms with Crippen LogP contribution < -0.4 is 9.47 Å². The van der Waals surface area contributed by atoms with Crippen LogP contribution in [0.5, 0.6) is 11.6 Å². The van der Waals surface area contributed by atoms with Gasteiger partial charge in [-0.3, -0.25) is 4.79 Å². The molecule has 0 spiro atoms. The van der Waals surface area contributed by atoms with Gasteiger partial charge in [0.2, 0.25) is 0 Å². The van der Waals surface area contributed by atoms with E-state index >= 15 is 0 Å². The quantitative estimate of drug-likeness (QED) is 0.539. The van der Waals surface area contributed by atoms with Crippen LogP contribution in [-0.2, 0) is 15.1 Å². The summed E-state index contributed by atoms with van der Waals surface area (Å²) in [6, 6.07) is 6.52. The molecule has 1 aromatic heterocycles. The molecule has 0 bridgehead atoms. The van der Waals surface area contributed by atoms with Crippen molar-refractivity contribution in [1.82, 2.24) is 9.88 Å². The summed E-state index contributed by atoms with van der Waals surface area (Å²) in [5, 5.41) is 0. The van der Waals surface area contributed by atoms with E-state index < -0.39 is 47.4 Å². The lowest BCUT2D eigenvalue weighted by Crippen LogP contribution is -2.54. The number of hydrogen-bond acceptors (Lipinski definition) is 6. The number of benzene rings is 1. The van der Waals surface area contributed by atoms with Gasteiger partial charge in [-0.05, 0) is 31.0 Å². The van der Waals surface area contributed by atoms with E-state index in [4.69, 9.17) is 18.9 Å². The van der Waals surface area contributed by atoms with Crippen molar-refractivity contribution in [1.29, 1.82) is 0 Å². The van der Waals surface area contributed by atoms with Crippen molar-refractivity contribution in [2.45, 2.75) is 37.1 Å². The molecule has 3 heterocycles. The highest BCUT2D eigenvalue weighted by atomic mass is 19.4. The first kappa shape index (κ1) is 24.7.